The van der Waals surface area contributed by atoms with Crippen molar-refractivity contribution in [1.29, 1.82) is 0 Å². The lowest BCUT2D eigenvalue weighted by molar-refractivity contribution is -0.103. The van der Waals surface area contributed by atoms with Gasteiger partial charge in [0.15, 0.2) is 0 Å². The molecule has 0 aliphatic carbocycles. The summed E-state index contributed by atoms with van der Waals surface area (Å²) >= 11 is 7.03. The van der Waals surface area contributed by atoms with Crippen LogP contribution in [-0.2, 0) is 11.4 Å². The average molecular weight is 499 g/mol. The Morgan fingerprint density at radius 2 is 1.88 bits per heavy atom. The summed E-state index contributed by atoms with van der Waals surface area (Å²) in [5, 5.41) is 5.00. The van der Waals surface area contributed by atoms with Gasteiger partial charge in [-0.1, -0.05) is 12.1 Å². The van der Waals surface area contributed by atoms with Gasteiger partial charge < -0.3 is 5.32 Å². The van der Waals surface area contributed by atoms with E-state index in [1.54, 1.807) is 11.3 Å². The topological polar surface area (TPSA) is 49.8 Å². The smallest absolute Gasteiger partial charge is 0.223 e. The molecule has 24 heavy (non-hydrogen) atoms. The Bertz CT molecular complexity index is 668. The number of hydrogen-bond acceptors (Lipinski definition) is 3. The summed E-state index contributed by atoms with van der Waals surface area (Å²) in [5.41, 5.74) is 1.72. The minimum atomic E-state index is 0. The first-order valence-electron chi connectivity index (χ1n) is 6.81. The zero-order chi connectivity index (χ0) is 15.4. The third-order valence-electron chi connectivity index (χ3n) is 3.08. The molecule has 2 heterocycles. The van der Waals surface area contributed by atoms with Gasteiger partial charge in [0.05, 0.1) is 17.9 Å². The molecule has 0 bridgehead atoms. The van der Waals surface area contributed by atoms with Gasteiger partial charge in [0.1, 0.15) is 6.61 Å². The van der Waals surface area contributed by atoms with Crippen LogP contribution in [0.5, 0.6) is 0 Å². The van der Waals surface area contributed by atoms with E-state index in [1.165, 1.54) is 0 Å². The van der Waals surface area contributed by atoms with E-state index < -0.39 is 0 Å². The lowest BCUT2D eigenvalue weighted by Crippen LogP contribution is -2.30. The van der Waals surface area contributed by atoms with Crippen molar-refractivity contribution in [3.8, 4) is 0 Å². The largest absolute Gasteiger partial charge is 0.352 e. The molecule has 0 atom stereocenters. The van der Waals surface area contributed by atoms with Gasteiger partial charge in [0, 0.05) is 21.7 Å². The Morgan fingerprint density at radius 1 is 1.12 bits per heavy atom. The van der Waals surface area contributed by atoms with Gasteiger partial charge in [0.2, 0.25) is 5.96 Å². The van der Waals surface area contributed by atoms with E-state index in [9.17, 15) is 0 Å². The second kappa shape index (κ2) is 10.2. The van der Waals surface area contributed by atoms with Crippen LogP contribution in [0.25, 0.3) is 0 Å². The molecule has 0 unspecified atom stereocenters. The first-order chi connectivity index (χ1) is 10.7. The van der Waals surface area contributed by atoms with Gasteiger partial charge in [-0.15, -0.1) is 24.8 Å². The maximum Gasteiger partial charge on any atom is 0.223 e. The highest BCUT2D eigenvalue weighted by atomic mass is 79.9. The van der Waals surface area contributed by atoms with Crippen molar-refractivity contribution in [2.24, 2.45) is 4.99 Å². The second-order valence-corrected chi connectivity index (χ2v) is 6.34. The van der Waals surface area contributed by atoms with Crippen LogP contribution in [0, 0.1) is 0 Å². The van der Waals surface area contributed by atoms with Crippen molar-refractivity contribution < 1.29 is 4.84 Å². The second-order valence-electron chi connectivity index (χ2n) is 4.63. The quantitative estimate of drug-likeness (QED) is 0.675. The fourth-order valence-corrected chi connectivity index (χ4v) is 3.19. The molecule has 5 nitrogen and oxygen atoms in total. The number of hydrogen-bond donors (Lipinski definition) is 1. The Labute approximate surface area is 169 Å². The Kier molecular flexibility index (Phi) is 9.01. The van der Waals surface area contributed by atoms with Crippen molar-refractivity contribution in [2.75, 3.05) is 13.1 Å². The molecule has 1 N–H and O–H groups in total. The van der Waals surface area contributed by atoms with Crippen LogP contribution in [0.3, 0.4) is 0 Å². The van der Waals surface area contributed by atoms with E-state index in [0.717, 1.165) is 33.4 Å². The van der Waals surface area contributed by atoms with Gasteiger partial charge in [-0.2, -0.15) is 0 Å². The molecule has 1 saturated heterocycles. The molecule has 1 aromatic carbocycles. The van der Waals surface area contributed by atoms with E-state index in [0.29, 0.717) is 12.6 Å². The maximum atomic E-state index is 5.80. The van der Waals surface area contributed by atoms with Gasteiger partial charge >= 0.3 is 0 Å². The zero-order valence-electron chi connectivity index (χ0n) is 12.5. The number of nitrogens with zero attached hydrogens (tertiary/aromatic N) is 3. The van der Waals surface area contributed by atoms with Crippen LogP contribution in [0.2, 0.25) is 0 Å². The molecule has 3 rings (SSSR count). The number of hydroxylamine groups is 2. The molecule has 1 aromatic heterocycles. The number of guanidine groups is 1. The van der Waals surface area contributed by atoms with Gasteiger partial charge in [0.25, 0.3) is 0 Å². The highest BCUT2D eigenvalue weighted by molar-refractivity contribution is 9.11. The molecule has 130 valence electrons. The van der Waals surface area contributed by atoms with Crippen LogP contribution < -0.4 is 5.32 Å². The van der Waals surface area contributed by atoms with Gasteiger partial charge in [-0.25, -0.2) is 10.1 Å². The van der Waals surface area contributed by atoms with Crippen LogP contribution >= 0.6 is 56.7 Å². The van der Waals surface area contributed by atoms with E-state index in [-0.39, 0.29) is 24.8 Å². The highest BCUT2D eigenvalue weighted by Crippen LogP contribution is 2.33. The predicted octanol–water partition coefficient (Wildman–Crippen LogP) is 4.47. The van der Waals surface area contributed by atoms with E-state index in [2.05, 4.69) is 47.2 Å². The number of halogens is 4. The van der Waals surface area contributed by atoms with Crippen LogP contribution in [0.4, 0.5) is 5.69 Å². The zero-order valence-corrected chi connectivity index (χ0v) is 17.3. The monoisotopic (exact) mass is 496 g/mol. The molecular weight excluding hydrogens is 483 g/mol. The first kappa shape index (κ1) is 21.2. The highest BCUT2D eigenvalue weighted by Gasteiger charge is 2.20. The van der Waals surface area contributed by atoms with Gasteiger partial charge in [-0.3, -0.25) is 9.82 Å². The molecule has 0 saturated carbocycles. The third kappa shape index (κ3) is 5.32. The molecule has 0 amide bonds. The summed E-state index contributed by atoms with van der Waals surface area (Å²) in [6.45, 7) is 1.95. The van der Waals surface area contributed by atoms with E-state index >= 15 is 0 Å². The molecule has 0 spiro atoms. The normalized spacial score (nSPS) is 14.8. The Hall–Kier alpha value is -0.860. The lowest BCUT2D eigenvalue weighted by Gasteiger charge is -2.17. The summed E-state index contributed by atoms with van der Waals surface area (Å²) in [6, 6.07) is 11.6. The van der Waals surface area contributed by atoms with Gasteiger partial charge in [-0.05, 0) is 56.1 Å². The summed E-state index contributed by atoms with van der Waals surface area (Å²) in [7, 11) is 0. The molecule has 2 aromatic rings. The first-order valence-corrected chi connectivity index (χ1v) is 8.39. The standard InChI is InChI=1S/C15H14Br2N4O.2ClH/c16-12-5-3-6-13(17)14(12)20-15-19-8-9-21(15)22-10-11-4-1-2-7-18-11;;/h1-7H,8-10H2,(H,19,20);2*1H. The fourth-order valence-electron chi connectivity index (χ4n) is 2.01. The number of nitrogens with one attached hydrogen (secondary N) is 1. The summed E-state index contributed by atoms with van der Waals surface area (Å²) < 4.78 is 1.85. The van der Waals surface area contributed by atoms with Crippen LogP contribution in [0.15, 0.2) is 56.5 Å². The SMILES string of the molecule is Brc1cccc(Br)c1/N=C1\NCCN1OCc1ccccn1.Cl.Cl. The number of aliphatic imine (C=N–C) groups is 1. The lowest BCUT2D eigenvalue weighted by atomic mass is 10.3. The molecule has 1 fully saturated rings. The molecule has 1 aliphatic heterocycles. The van der Waals surface area contributed by atoms with Crippen molar-refractivity contribution in [3.05, 3.63) is 57.2 Å². The summed E-state index contributed by atoms with van der Waals surface area (Å²) in [6.07, 6.45) is 1.76. The van der Waals surface area contributed by atoms with Crippen molar-refractivity contribution in [3.63, 3.8) is 0 Å². The van der Waals surface area contributed by atoms with Crippen LogP contribution in [0.1, 0.15) is 5.69 Å². The Morgan fingerprint density at radius 3 is 2.54 bits per heavy atom. The molecule has 1 aliphatic rings. The van der Waals surface area contributed by atoms with E-state index in [4.69, 9.17) is 4.84 Å². The number of aromatic nitrogens is 1. The third-order valence-corrected chi connectivity index (χ3v) is 4.36. The Balaban J connectivity index is 0.00000144. The fraction of sp³-hybridized carbons (Fsp3) is 0.200. The predicted molar refractivity (Wildman–Crippen MR) is 107 cm³/mol. The summed E-state index contributed by atoms with van der Waals surface area (Å²) in [4.78, 5) is 14.7. The van der Waals surface area contributed by atoms with E-state index in [1.807, 2.05) is 36.4 Å². The average Bonchev–Trinajstić information content (AvgIpc) is 2.97. The summed E-state index contributed by atoms with van der Waals surface area (Å²) in [5.74, 6) is 0.698. The van der Waals surface area contributed by atoms with Crippen molar-refractivity contribution in [1.82, 2.24) is 15.4 Å². The number of rotatable bonds is 4. The number of pyridine rings is 1. The van der Waals surface area contributed by atoms with Crippen molar-refractivity contribution >= 4 is 68.3 Å². The molecule has 9 heteroatoms. The minimum Gasteiger partial charge on any atom is -0.352 e. The number of benzene rings is 1. The molecular formula is C15H16Br2Cl2N4O. The maximum absolute atomic E-state index is 5.80. The van der Waals surface area contributed by atoms with Crippen LogP contribution in [-0.4, -0.2) is 29.1 Å². The molecule has 0 radical (unpaired) electrons. The minimum absolute atomic E-state index is 0. The van der Waals surface area contributed by atoms with Crippen molar-refractivity contribution in [2.45, 2.75) is 6.61 Å². The number of para-hydroxylation sites is 1.